The lowest BCUT2D eigenvalue weighted by molar-refractivity contribution is 0.394. The highest BCUT2D eigenvalue weighted by atomic mass is 35.5. The van der Waals surface area contributed by atoms with Crippen molar-refractivity contribution < 1.29 is 8.42 Å². The number of hydrogen-bond donors (Lipinski definition) is 0. The first-order valence-electron chi connectivity index (χ1n) is 5.49. The van der Waals surface area contributed by atoms with E-state index in [9.17, 15) is 8.42 Å². The topological polar surface area (TPSA) is 37.4 Å². The van der Waals surface area contributed by atoms with Crippen molar-refractivity contribution in [2.75, 3.05) is 7.05 Å². The molecule has 0 bridgehead atoms. The van der Waals surface area contributed by atoms with Crippen molar-refractivity contribution in [2.24, 2.45) is 0 Å². The highest BCUT2D eigenvalue weighted by Gasteiger charge is 2.27. The monoisotopic (exact) mass is 275 g/mol. The van der Waals surface area contributed by atoms with Crippen LogP contribution in [0.25, 0.3) is 0 Å². The molecule has 0 fully saturated rings. The maximum absolute atomic E-state index is 12.0. The van der Waals surface area contributed by atoms with Crippen LogP contribution in [0.15, 0.2) is 24.3 Å². The maximum atomic E-state index is 12.0. The lowest BCUT2D eigenvalue weighted by atomic mass is 10.1. The van der Waals surface area contributed by atoms with Crippen LogP contribution in [-0.2, 0) is 10.0 Å². The summed E-state index contributed by atoms with van der Waals surface area (Å²) in [7, 11) is -1.63. The predicted octanol–water partition coefficient (Wildman–Crippen LogP) is 3.07. The summed E-state index contributed by atoms with van der Waals surface area (Å²) in [6.45, 7) is 5.23. The molecule has 17 heavy (non-hydrogen) atoms. The molecule has 0 saturated carbocycles. The molecule has 96 valence electrons. The molecule has 1 rings (SSSR count). The third-order valence-corrected chi connectivity index (χ3v) is 5.46. The van der Waals surface area contributed by atoms with Gasteiger partial charge in [0, 0.05) is 18.1 Å². The molecule has 0 aliphatic carbocycles. The van der Waals surface area contributed by atoms with Crippen LogP contribution in [0.5, 0.6) is 0 Å². The van der Waals surface area contributed by atoms with E-state index in [0.717, 1.165) is 5.56 Å². The molecule has 1 unspecified atom stereocenters. The van der Waals surface area contributed by atoms with Crippen LogP contribution in [-0.4, -0.2) is 25.0 Å². The zero-order valence-corrected chi connectivity index (χ0v) is 12.1. The largest absolute Gasteiger partial charge is 0.216 e. The number of halogens is 1. The van der Waals surface area contributed by atoms with Crippen LogP contribution < -0.4 is 0 Å². The Bertz CT molecular complexity index is 468. The second-order valence-corrected chi connectivity index (χ2v) is 7.32. The molecule has 0 N–H and O–H groups in total. The van der Waals surface area contributed by atoms with E-state index in [1.165, 1.54) is 4.31 Å². The molecule has 0 aliphatic heterocycles. The Morgan fingerprint density at radius 2 is 1.59 bits per heavy atom. The SMILES string of the molecule is CC(c1ccc(Cl)cc1)N(C)S(=O)(=O)C(C)C. The van der Waals surface area contributed by atoms with Gasteiger partial charge in [0.2, 0.25) is 10.0 Å². The molecular formula is C12H18ClNO2S. The van der Waals surface area contributed by atoms with Gasteiger partial charge in [-0.2, -0.15) is 4.31 Å². The summed E-state index contributed by atoms with van der Waals surface area (Å²) in [6, 6.07) is 7.03. The Morgan fingerprint density at radius 1 is 1.12 bits per heavy atom. The number of sulfonamides is 1. The number of rotatable bonds is 4. The van der Waals surface area contributed by atoms with Gasteiger partial charge in [-0.25, -0.2) is 8.42 Å². The fourth-order valence-corrected chi connectivity index (χ4v) is 2.86. The molecule has 5 heteroatoms. The molecule has 0 amide bonds. The Kier molecular flexibility index (Phi) is 4.58. The van der Waals surface area contributed by atoms with E-state index in [0.29, 0.717) is 5.02 Å². The lowest BCUT2D eigenvalue weighted by Crippen LogP contribution is -2.35. The van der Waals surface area contributed by atoms with Gasteiger partial charge in [-0.3, -0.25) is 0 Å². The zero-order chi connectivity index (χ0) is 13.2. The first-order chi connectivity index (χ1) is 7.76. The summed E-state index contributed by atoms with van der Waals surface area (Å²) in [5, 5.41) is 0.234. The van der Waals surface area contributed by atoms with Gasteiger partial charge in [0.05, 0.1) is 5.25 Å². The van der Waals surface area contributed by atoms with Gasteiger partial charge in [-0.1, -0.05) is 23.7 Å². The van der Waals surface area contributed by atoms with Crippen LogP contribution in [0, 0.1) is 0 Å². The Labute approximate surface area is 108 Å². The minimum absolute atomic E-state index is 0.195. The first-order valence-corrected chi connectivity index (χ1v) is 7.37. The molecule has 1 aromatic carbocycles. The molecular weight excluding hydrogens is 258 g/mol. The molecule has 0 radical (unpaired) electrons. The molecule has 0 spiro atoms. The van der Waals surface area contributed by atoms with Crippen LogP contribution >= 0.6 is 11.6 Å². The molecule has 1 aromatic rings. The van der Waals surface area contributed by atoms with Crippen molar-refractivity contribution >= 4 is 21.6 Å². The summed E-state index contributed by atoms with van der Waals surface area (Å²) in [5.41, 5.74) is 0.932. The van der Waals surface area contributed by atoms with Gasteiger partial charge in [0.25, 0.3) is 0 Å². The fraction of sp³-hybridized carbons (Fsp3) is 0.500. The van der Waals surface area contributed by atoms with Crippen LogP contribution in [0.4, 0.5) is 0 Å². The maximum Gasteiger partial charge on any atom is 0.216 e. The van der Waals surface area contributed by atoms with E-state index >= 15 is 0 Å². The second kappa shape index (κ2) is 5.38. The number of hydrogen-bond acceptors (Lipinski definition) is 2. The van der Waals surface area contributed by atoms with Crippen molar-refractivity contribution in [3.8, 4) is 0 Å². The van der Waals surface area contributed by atoms with Crippen molar-refractivity contribution in [1.82, 2.24) is 4.31 Å². The van der Waals surface area contributed by atoms with Crippen LogP contribution in [0.3, 0.4) is 0 Å². The predicted molar refractivity (Wildman–Crippen MR) is 71.7 cm³/mol. The highest BCUT2D eigenvalue weighted by molar-refractivity contribution is 7.89. The molecule has 3 nitrogen and oxygen atoms in total. The Hall–Kier alpha value is -0.580. The van der Waals surface area contributed by atoms with Crippen molar-refractivity contribution in [2.45, 2.75) is 32.1 Å². The third kappa shape index (κ3) is 3.21. The summed E-state index contributed by atoms with van der Waals surface area (Å²) in [4.78, 5) is 0. The van der Waals surface area contributed by atoms with E-state index in [-0.39, 0.29) is 6.04 Å². The summed E-state index contributed by atoms with van der Waals surface area (Å²) < 4.78 is 25.4. The summed E-state index contributed by atoms with van der Waals surface area (Å²) >= 11 is 5.80. The number of nitrogens with zero attached hydrogens (tertiary/aromatic N) is 1. The Balaban J connectivity index is 2.98. The van der Waals surface area contributed by atoms with E-state index in [2.05, 4.69) is 0 Å². The lowest BCUT2D eigenvalue weighted by Gasteiger charge is -2.26. The van der Waals surface area contributed by atoms with Gasteiger partial charge < -0.3 is 0 Å². The smallest absolute Gasteiger partial charge is 0.212 e. The normalized spacial score (nSPS) is 14.3. The highest BCUT2D eigenvalue weighted by Crippen LogP contribution is 2.24. The van der Waals surface area contributed by atoms with E-state index < -0.39 is 15.3 Å². The molecule has 0 saturated heterocycles. The quantitative estimate of drug-likeness (QED) is 0.847. The van der Waals surface area contributed by atoms with Gasteiger partial charge in [-0.15, -0.1) is 0 Å². The van der Waals surface area contributed by atoms with E-state index in [1.807, 2.05) is 19.1 Å². The molecule has 0 heterocycles. The minimum Gasteiger partial charge on any atom is -0.212 e. The van der Waals surface area contributed by atoms with Crippen molar-refractivity contribution in [3.63, 3.8) is 0 Å². The van der Waals surface area contributed by atoms with E-state index in [1.54, 1.807) is 33.0 Å². The molecule has 0 aromatic heterocycles. The van der Waals surface area contributed by atoms with Crippen LogP contribution in [0.1, 0.15) is 32.4 Å². The van der Waals surface area contributed by atoms with Gasteiger partial charge >= 0.3 is 0 Å². The van der Waals surface area contributed by atoms with Gasteiger partial charge in [-0.05, 0) is 38.5 Å². The molecule has 0 aliphatic rings. The molecule has 1 atom stereocenters. The van der Waals surface area contributed by atoms with Crippen molar-refractivity contribution in [1.29, 1.82) is 0 Å². The van der Waals surface area contributed by atoms with Crippen LogP contribution in [0.2, 0.25) is 5.02 Å². The standard InChI is InChI=1S/C12H18ClNO2S/c1-9(2)17(15,16)14(4)10(3)11-5-7-12(13)8-6-11/h5-10H,1-4H3. The van der Waals surface area contributed by atoms with Crippen molar-refractivity contribution in [3.05, 3.63) is 34.9 Å². The third-order valence-electron chi connectivity index (χ3n) is 2.89. The first kappa shape index (κ1) is 14.5. The van der Waals surface area contributed by atoms with Gasteiger partial charge in [0.1, 0.15) is 0 Å². The Morgan fingerprint density at radius 3 is 2.00 bits per heavy atom. The second-order valence-electron chi connectivity index (χ2n) is 4.34. The average Bonchev–Trinajstić information content (AvgIpc) is 2.27. The zero-order valence-electron chi connectivity index (χ0n) is 10.5. The number of benzene rings is 1. The van der Waals surface area contributed by atoms with Gasteiger partial charge in [0.15, 0.2) is 0 Å². The fourth-order valence-electron chi connectivity index (χ4n) is 1.50. The summed E-state index contributed by atoms with van der Waals surface area (Å²) in [5.74, 6) is 0. The minimum atomic E-state index is -3.23. The van der Waals surface area contributed by atoms with E-state index in [4.69, 9.17) is 11.6 Å². The average molecular weight is 276 g/mol. The summed E-state index contributed by atoms with van der Waals surface area (Å²) in [6.07, 6.45) is 0.